The fraction of sp³-hybridized carbons (Fsp3) is 0.240. The lowest BCUT2D eigenvalue weighted by Crippen LogP contribution is -2.33. The standard InChI is InChI=1S/C25H27N3O2/c1-18-12-14-19(15-13-18)16-27-21-10-6-7-11-22(21)28(25(27)26)23(17-30-2)24(29)20-8-4-3-5-9-20/h3-15,23-24,26,29H,16-17H2,1-2H3/t23-,24-/m0/s1. The molecule has 1 aromatic heterocycles. The summed E-state index contributed by atoms with van der Waals surface area (Å²) in [5.41, 5.74) is 5.36. The zero-order chi connectivity index (χ0) is 21.1. The van der Waals surface area contributed by atoms with Crippen molar-refractivity contribution in [1.82, 2.24) is 9.13 Å². The number of para-hydroxylation sites is 2. The van der Waals surface area contributed by atoms with Gasteiger partial charge in [0.1, 0.15) is 6.10 Å². The van der Waals surface area contributed by atoms with E-state index in [1.807, 2.05) is 63.7 Å². The van der Waals surface area contributed by atoms with Gasteiger partial charge in [-0.3, -0.25) is 5.41 Å². The zero-order valence-corrected chi connectivity index (χ0v) is 17.3. The number of aliphatic hydroxyl groups excluding tert-OH is 1. The average molecular weight is 402 g/mol. The summed E-state index contributed by atoms with van der Waals surface area (Å²) in [5.74, 6) is 0. The summed E-state index contributed by atoms with van der Waals surface area (Å²) >= 11 is 0. The maximum Gasteiger partial charge on any atom is 0.203 e. The number of benzene rings is 3. The smallest absolute Gasteiger partial charge is 0.203 e. The van der Waals surface area contributed by atoms with Crippen molar-refractivity contribution in [3.63, 3.8) is 0 Å². The molecule has 0 aliphatic carbocycles. The molecule has 2 N–H and O–H groups in total. The summed E-state index contributed by atoms with van der Waals surface area (Å²) in [6, 6.07) is 25.5. The van der Waals surface area contributed by atoms with Gasteiger partial charge in [-0.05, 0) is 30.2 Å². The van der Waals surface area contributed by atoms with Gasteiger partial charge < -0.3 is 19.0 Å². The van der Waals surface area contributed by atoms with E-state index in [0.717, 1.165) is 22.2 Å². The van der Waals surface area contributed by atoms with Crippen molar-refractivity contribution in [2.24, 2.45) is 0 Å². The molecule has 0 saturated heterocycles. The summed E-state index contributed by atoms with van der Waals surface area (Å²) in [5, 5.41) is 20.2. The fourth-order valence-corrected chi connectivity index (χ4v) is 3.98. The SMILES string of the molecule is COC[C@@H]([C@@H](O)c1ccccc1)n1c(=N)n(Cc2ccc(C)cc2)c2ccccc21. The van der Waals surface area contributed by atoms with Crippen LogP contribution in [0.5, 0.6) is 0 Å². The van der Waals surface area contributed by atoms with Crippen molar-refractivity contribution in [2.45, 2.75) is 25.6 Å². The van der Waals surface area contributed by atoms with Crippen LogP contribution >= 0.6 is 0 Å². The molecule has 5 nitrogen and oxygen atoms in total. The van der Waals surface area contributed by atoms with Crippen LogP contribution in [0, 0.1) is 12.3 Å². The van der Waals surface area contributed by atoms with Crippen LogP contribution < -0.4 is 5.62 Å². The second kappa shape index (κ2) is 8.69. The Kier molecular flexibility index (Phi) is 5.84. The lowest BCUT2D eigenvalue weighted by atomic mass is 10.0. The Hall–Kier alpha value is -3.15. The van der Waals surface area contributed by atoms with Crippen molar-refractivity contribution in [3.05, 3.63) is 101 Å². The highest BCUT2D eigenvalue weighted by molar-refractivity contribution is 5.76. The molecule has 0 radical (unpaired) electrons. The molecule has 1 heterocycles. The molecule has 0 saturated carbocycles. The molecule has 0 bridgehead atoms. The first-order chi connectivity index (χ1) is 14.6. The average Bonchev–Trinajstić information content (AvgIpc) is 3.05. The highest BCUT2D eigenvalue weighted by Crippen LogP contribution is 2.29. The number of rotatable bonds is 7. The molecule has 0 fully saturated rings. The quantitative estimate of drug-likeness (QED) is 0.487. The molecular weight excluding hydrogens is 374 g/mol. The number of aryl methyl sites for hydroxylation is 1. The number of fused-ring (bicyclic) bond motifs is 1. The summed E-state index contributed by atoms with van der Waals surface area (Å²) in [4.78, 5) is 0. The number of methoxy groups -OCH3 is 1. The first-order valence-corrected chi connectivity index (χ1v) is 10.1. The van der Waals surface area contributed by atoms with Gasteiger partial charge in [0.2, 0.25) is 5.62 Å². The Bertz CT molecular complexity index is 1180. The summed E-state index contributed by atoms with van der Waals surface area (Å²) in [6.45, 7) is 2.96. The van der Waals surface area contributed by atoms with E-state index in [1.165, 1.54) is 5.56 Å². The van der Waals surface area contributed by atoms with E-state index in [0.29, 0.717) is 18.8 Å². The van der Waals surface area contributed by atoms with Gasteiger partial charge in [0, 0.05) is 7.11 Å². The molecule has 0 spiro atoms. The molecular formula is C25H27N3O2. The molecule has 0 unspecified atom stereocenters. The molecule has 3 aromatic carbocycles. The van der Waals surface area contributed by atoms with Crippen LogP contribution in [0.15, 0.2) is 78.9 Å². The largest absolute Gasteiger partial charge is 0.386 e. The van der Waals surface area contributed by atoms with E-state index < -0.39 is 12.1 Å². The third kappa shape index (κ3) is 3.82. The van der Waals surface area contributed by atoms with Crippen LogP contribution in [0.1, 0.15) is 28.8 Å². The first kappa shape index (κ1) is 20.1. The van der Waals surface area contributed by atoms with Gasteiger partial charge in [-0.2, -0.15) is 0 Å². The zero-order valence-electron chi connectivity index (χ0n) is 17.3. The number of imidazole rings is 1. The summed E-state index contributed by atoms with van der Waals surface area (Å²) in [7, 11) is 1.63. The van der Waals surface area contributed by atoms with Gasteiger partial charge in [0.05, 0.1) is 30.2 Å². The third-order valence-corrected chi connectivity index (χ3v) is 5.55. The van der Waals surface area contributed by atoms with E-state index >= 15 is 0 Å². The molecule has 5 heteroatoms. The van der Waals surface area contributed by atoms with Crippen LogP contribution in [-0.2, 0) is 11.3 Å². The van der Waals surface area contributed by atoms with Gasteiger partial charge in [0.15, 0.2) is 0 Å². The third-order valence-electron chi connectivity index (χ3n) is 5.55. The van der Waals surface area contributed by atoms with Gasteiger partial charge in [-0.15, -0.1) is 0 Å². The van der Waals surface area contributed by atoms with Gasteiger partial charge in [-0.1, -0.05) is 72.3 Å². The Morgan fingerprint density at radius 3 is 2.20 bits per heavy atom. The molecule has 2 atom stereocenters. The first-order valence-electron chi connectivity index (χ1n) is 10.1. The topological polar surface area (TPSA) is 63.2 Å². The number of hydrogen-bond donors (Lipinski definition) is 2. The Morgan fingerprint density at radius 1 is 0.900 bits per heavy atom. The minimum atomic E-state index is -0.793. The van der Waals surface area contributed by atoms with Crippen molar-refractivity contribution in [2.75, 3.05) is 13.7 Å². The van der Waals surface area contributed by atoms with Crippen LogP contribution in [-0.4, -0.2) is 28.0 Å². The highest BCUT2D eigenvalue weighted by atomic mass is 16.5. The summed E-state index contributed by atoms with van der Waals surface area (Å²) in [6.07, 6.45) is -0.793. The van der Waals surface area contributed by atoms with Gasteiger partial charge in [-0.25, -0.2) is 0 Å². The van der Waals surface area contributed by atoms with Crippen molar-refractivity contribution >= 4 is 11.0 Å². The Balaban J connectivity index is 1.84. The monoisotopic (exact) mass is 401 g/mol. The lowest BCUT2D eigenvalue weighted by molar-refractivity contribution is 0.0527. The normalized spacial score (nSPS) is 13.4. The minimum absolute atomic E-state index is 0.297. The summed E-state index contributed by atoms with van der Waals surface area (Å²) < 4.78 is 9.35. The highest BCUT2D eigenvalue weighted by Gasteiger charge is 2.26. The Labute approximate surface area is 176 Å². The van der Waals surface area contributed by atoms with E-state index in [1.54, 1.807) is 7.11 Å². The molecule has 4 aromatic rings. The fourth-order valence-electron chi connectivity index (χ4n) is 3.98. The van der Waals surface area contributed by atoms with Crippen molar-refractivity contribution in [3.8, 4) is 0 Å². The Morgan fingerprint density at radius 2 is 1.53 bits per heavy atom. The van der Waals surface area contributed by atoms with Gasteiger partial charge >= 0.3 is 0 Å². The number of aliphatic hydroxyl groups is 1. The maximum atomic E-state index is 11.2. The predicted octanol–water partition coefficient (Wildman–Crippen LogP) is 4.20. The molecule has 0 aliphatic heterocycles. The second-order valence-corrected chi connectivity index (χ2v) is 7.63. The molecule has 0 amide bonds. The second-order valence-electron chi connectivity index (χ2n) is 7.63. The van der Waals surface area contributed by atoms with E-state index in [4.69, 9.17) is 10.1 Å². The molecule has 154 valence electrons. The predicted molar refractivity (Wildman–Crippen MR) is 118 cm³/mol. The van der Waals surface area contributed by atoms with Crippen molar-refractivity contribution in [1.29, 1.82) is 5.41 Å². The van der Waals surface area contributed by atoms with Gasteiger partial charge in [0.25, 0.3) is 0 Å². The molecule has 4 rings (SSSR count). The van der Waals surface area contributed by atoms with Crippen LogP contribution in [0.3, 0.4) is 0 Å². The van der Waals surface area contributed by atoms with Crippen LogP contribution in [0.2, 0.25) is 0 Å². The number of hydrogen-bond acceptors (Lipinski definition) is 3. The van der Waals surface area contributed by atoms with Crippen LogP contribution in [0.25, 0.3) is 11.0 Å². The van der Waals surface area contributed by atoms with Crippen LogP contribution in [0.4, 0.5) is 0 Å². The molecule has 0 aliphatic rings. The minimum Gasteiger partial charge on any atom is -0.386 e. The molecule has 30 heavy (non-hydrogen) atoms. The van der Waals surface area contributed by atoms with E-state index in [-0.39, 0.29) is 0 Å². The lowest BCUT2D eigenvalue weighted by Gasteiger charge is -2.25. The number of ether oxygens (including phenoxy) is 1. The van der Waals surface area contributed by atoms with Crippen molar-refractivity contribution < 1.29 is 9.84 Å². The number of nitrogens with one attached hydrogen (secondary N) is 1. The number of aromatic nitrogens is 2. The number of nitrogens with zero attached hydrogens (tertiary/aromatic N) is 2. The van der Waals surface area contributed by atoms with E-state index in [2.05, 4.69) is 31.2 Å². The van der Waals surface area contributed by atoms with E-state index in [9.17, 15) is 5.11 Å². The maximum absolute atomic E-state index is 11.2.